The second-order valence-electron chi connectivity index (χ2n) is 5.72. The van der Waals surface area contributed by atoms with Crippen molar-refractivity contribution in [1.29, 1.82) is 0 Å². The van der Waals surface area contributed by atoms with E-state index in [0.29, 0.717) is 24.6 Å². The fraction of sp³-hybridized carbons (Fsp3) is 0.500. The summed E-state index contributed by atoms with van der Waals surface area (Å²) in [5.74, 6) is 0.0153. The summed E-state index contributed by atoms with van der Waals surface area (Å²) in [5.41, 5.74) is 5.67. The largest absolute Gasteiger partial charge is 0.368 e. The maximum absolute atomic E-state index is 12.4. The van der Waals surface area contributed by atoms with Crippen LogP contribution in [0, 0.1) is 11.8 Å². The summed E-state index contributed by atoms with van der Waals surface area (Å²) >= 11 is 0. The van der Waals surface area contributed by atoms with Crippen molar-refractivity contribution in [1.82, 2.24) is 19.9 Å². The molecule has 3 rings (SSSR count). The zero-order chi connectivity index (χ0) is 15.9. The molecule has 2 amide bonds. The van der Waals surface area contributed by atoms with Crippen molar-refractivity contribution in [3.05, 3.63) is 18.0 Å². The summed E-state index contributed by atoms with van der Waals surface area (Å²) in [6.45, 7) is 0.0399. The van der Waals surface area contributed by atoms with Gasteiger partial charge in [-0.05, 0) is 12.8 Å². The minimum Gasteiger partial charge on any atom is -0.368 e. The molecule has 116 valence electrons. The van der Waals surface area contributed by atoms with Crippen LogP contribution in [0.2, 0.25) is 0 Å². The van der Waals surface area contributed by atoms with Gasteiger partial charge in [-0.2, -0.15) is 15.0 Å². The number of fused-ring (bicyclic) bond motifs is 1. The van der Waals surface area contributed by atoms with E-state index >= 15 is 0 Å². The van der Waals surface area contributed by atoms with Crippen LogP contribution in [-0.4, -0.2) is 45.8 Å². The van der Waals surface area contributed by atoms with E-state index in [4.69, 9.17) is 5.73 Å². The Kier molecular flexibility index (Phi) is 3.51. The minimum atomic E-state index is -0.245. The van der Waals surface area contributed by atoms with Gasteiger partial charge in [-0.1, -0.05) is 12.2 Å². The summed E-state index contributed by atoms with van der Waals surface area (Å²) in [6.07, 6.45) is 5.16. The zero-order valence-electron chi connectivity index (χ0n) is 12.6. The van der Waals surface area contributed by atoms with Crippen LogP contribution in [0.5, 0.6) is 0 Å². The van der Waals surface area contributed by atoms with Gasteiger partial charge < -0.3 is 10.6 Å². The first-order valence-corrected chi connectivity index (χ1v) is 7.15. The van der Waals surface area contributed by atoms with Gasteiger partial charge in [0.15, 0.2) is 5.82 Å². The lowest BCUT2D eigenvalue weighted by Gasteiger charge is -2.15. The van der Waals surface area contributed by atoms with Crippen molar-refractivity contribution in [2.45, 2.75) is 19.4 Å². The monoisotopic (exact) mass is 302 g/mol. The summed E-state index contributed by atoms with van der Waals surface area (Å²) in [4.78, 5) is 40.1. The van der Waals surface area contributed by atoms with Gasteiger partial charge in [-0.25, -0.2) is 0 Å². The van der Waals surface area contributed by atoms with Crippen molar-refractivity contribution >= 4 is 23.7 Å². The molecular formula is C14H18N6O2. The Labute approximate surface area is 128 Å². The number of hydrogen-bond acceptors (Lipinski definition) is 7. The number of amides is 2. The van der Waals surface area contributed by atoms with E-state index in [1.54, 1.807) is 19.0 Å². The lowest BCUT2D eigenvalue weighted by atomic mass is 9.85. The minimum absolute atomic E-state index is 0.0399. The number of nitrogens with zero attached hydrogens (tertiary/aromatic N) is 5. The van der Waals surface area contributed by atoms with Gasteiger partial charge in [-0.3, -0.25) is 14.5 Å². The van der Waals surface area contributed by atoms with Gasteiger partial charge in [-0.15, -0.1) is 0 Å². The summed E-state index contributed by atoms with van der Waals surface area (Å²) in [6, 6.07) is 0. The van der Waals surface area contributed by atoms with Gasteiger partial charge in [0.05, 0.1) is 18.4 Å². The fourth-order valence-electron chi connectivity index (χ4n) is 2.86. The lowest BCUT2D eigenvalue weighted by Crippen LogP contribution is -2.31. The first-order valence-electron chi connectivity index (χ1n) is 7.15. The molecule has 1 saturated heterocycles. The van der Waals surface area contributed by atoms with Crippen LogP contribution in [0.3, 0.4) is 0 Å². The van der Waals surface area contributed by atoms with Crippen LogP contribution in [0.1, 0.15) is 18.7 Å². The quantitative estimate of drug-likeness (QED) is 0.617. The first kappa shape index (κ1) is 14.4. The van der Waals surface area contributed by atoms with Gasteiger partial charge in [0.1, 0.15) is 0 Å². The van der Waals surface area contributed by atoms with Gasteiger partial charge in [0, 0.05) is 14.1 Å². The number of allylic oxidation sites excluding steroid dienone is 2. The molecule has 1 fully saturated rings. The predicted octanol–water partition coefficient (Wildman–Crippen LogP) is -0.0290. The molecule has 0 radical (unpaired) electrons. The third-order valence-electron chi connectivity index (χ3n) is 3.99. The van der Waals surface area contributed by atoms with Gasteiger partial charge in [0.25, 0.3) is 0 Å². The molecule has 2 atom stereocenters. The number of aromatic nitrogens is 3. The molecule has 0 spiro atoms. The molecule has 2 N–H and O–H groups in total. The van der Waals surface area contributed by atoms with E-state index in [2.05, 4.69) is 15.0 Å². The number of imide groups is 1. The van der Waals surface area contributed by atoms with Gasteiger partial charge >= 0.3 is 0 Å². The number of hydrogen-bond donors (Lipinski definition) is 1. The number of carbonyl (C=O) groups is 2. The third kappa shape index (κ3) is 2.40. The van der Waals surface area contributed by atoms with E-state index in [1.807, 2.05) is 12.2 Å². The SMILES string of the molecule is CN(C)c1nc(N)nc(CN2C(=O)[C@@H]3CC=CC[C@H]3C2=O)n1. The summed E-state index contributed by atoms with van der Waals surface area (Å²) in [5, 5.41) is 0. The molecule has 8 nitrogen and oxygen atoms in total. The van der Waals surface area contributed by atoms with Crippen LogP contribution in [0.4, 0.5) is 11.9 Å². The van der Waals surface area contributed by atoms with Crippen LogP contribution < -0.4 is 10.6 Å². The average molecular weight is 302 g/mol. The van der Waals surface area contributed by atoms with E-state index in [1.165, 1.54) is 4.90 Å². The Morgan fingerprint density at radius 2 is 1.73 bits per heavy atom. The number of carbonyl (C=O) groups excluding carboxylic acids is 2. The maximum atomic E-state index is 12.4. The average Bonchev–Trinajstić information content (AvgIpc) is 2.72. The number of nitrogen functional groups attached to an aromatic ring is 1. The third-order valence-corrected chi connectivity index (χ3v) is 3.99. The number of anilines is 2. The van der Waals surface area contributed by atoms with Crippen LogP contribution >= 0.6 is 0 Å². The zero-order valence-corrected chi connectivity index (χ0v) is 12.6. The van der Waals surface area contributed by atoms with E-state index < -0.39 is 0 Å². The molecule has 0 aromatic carbocycles. The van der Waals surface area contributed by atoms with E-state index in [9.17, 15) is 9.59 Å². The van der Waals surface area contributed by atoms with Crippen molar-refractivity contribution in [3.8, 4) is 0 Å². The Morgan fingerprint density at radius 1 is 1.14 bits per heavy atom. The normalized spacial score (nSPS) is 23.8. The van der Waals surface area contributed by atoms with Crippen molar-refractivity contribution in [2.24, 2.45) is 11.8 Å². The highest BCUT2D eigenvalue weighted by Crippen LogP contribution is 2.35. The fourth-order valence-corrected chi connectivity index (χ4v) is 2.86. The van der Waals surface area contributed by atoms with E-state index in [0.717, 1.165) is 0 Å². The standard InChI is InChI=1S/C14H18N6O2/c1-19(2)14-17-10(16-13(15)18-14)7-20-11(21)8-5-3-4-6-9(8)12(20)22/h3-4,8-9H,5-7H2,1-2H3,(H2,15,16,17,18)/t8-,9-/m1/s1. The maximum Gasteiger partial charge on any atom is 0.233 e. The van der Waals surface area contributed by atoms with E-state index in [-0.39, 0.29) is 36.1 Å². The Bertz CT molecular complexity index is 631. The molecule has 1 aromatic rings. The molecule has 0 bridgehead atoms. The van der Waals surface area contributed by atoms with Crippen LogP contribution in [0.15, 0.2) is 12.2 Å². The number of nitrogens with two attached hydrogens (primary N) is 1. The molecule has 1 aliphatic carbocycles. The Hall–Kier alpha value is -2.51. The predicted molar refractivity (Wildman–Crippen MR) is 79.5 cm³/mol. The first-order chi connectivity index (χ1) is 10.5. The Morgan fingerprint density at radius 3 is 2.27 bits per heavy atom. The molecule has 8 heteroatoms. The summed E-state index contributed by atoms with van der Waals surface area (Å²) < 4.78 is 0. The lowest BCUT2D eigenvalue weighted by molar-refractivity contribution is -0.140. The molecular weight excluding hydrogens is 284 g/mol. The van der Waals surface area contributed by atoms with Crippen molar-refractivity contribution in [3.63, 3.8) is 0 Å². The Balaban J connectivity index is 1.84. The topological polar surface area (TPSA) is 105 Å². The molecule has 1 aromatic heterocycles. The molecule has 2 aliphatic rings. The second kappa shape index (κ2) is 5.36. The second-order valence-corrected chi connectivity index (χ2v) is 5.72. The number of likely N-dealkylation sites (tertiary alicyclic amines) is 1. The van der Waals surface area contributed by atoms with Gasteiger partial charge in [0.2, 0.25) is 23.7 Å². The van der Waals surface area contributed by atoms with Crippen molar-refractivity contribution < 1.29 is 9.59 Å². The highest BCUT2D eigenvalue weighted by molar-refractivity contribution is 6.05. The van der Waals surface area contributed by atoms with Crippen LogP contribution in [-0.2, 0) is 16.1 Å². The molecule has 0 unspecified atom stereocenters. The molecule has 0 saturated carbocycles. The molecule has 22 heavy (non-hydrogen) atoms. The van der Waals surface area contributed by atoms with Crippen LogP contribution in [0.25, 0.3) is 0 Å². The highest BCUT2D eigenvalue weighted by atomic mass is 16.2. The smallest absolute Gasteiger partial charge is 0.233 e. The highest BCUT2D eigenvalue weighted by Gasteiger charge is 2.47. The molecule has 1 aliphatic heterocycles. The number of rotatable bonds is 3. The van der Waals surface area contributed by atoms with Crippen molar-refractivity contribution in [2.75, 3.05) is 24.7 Å². The summed E-state index contributed by atoms with van der Waals surface area (Å²) in [7, 11) is 3.57. The molecule has 2 heterocycles.